The molecule has 0 aromatic carbocycles. The van der Waals surface area contributed by atoms with E-state index in [-0.39, 0.29) is 19.1 Å². The van der Waals surface area contributed by atoms with Crippen LogP contribution in [0.15, 0.2) is 24.3 Å². The molecule has 0 aromatic heterocycles. The van der Waals surface area contributed by atoms with Crippen molar-refractivity contribution in [1.82, 2.24) is 5.32 Å². The van der Waals surface area contributed by atoms with Gasteiger partial charge in [-0.3, -0.25) is 13.8 Å². The lowest BCUT2D eigenvalue weighted by Crippen LogP contribution is -2.46. The Kier molecular flexibility index (Phi) is 41.6. The Hall–Kier alpha value is -1.02. The summed E-state index contributed by atoms with van der Waals surface area (Å²) in [6, 6.07) is -0.766. The summed E-state index contributed by atoms with van der Waals surface area (Å²) >= 11 is 0. The van der Waals surface area contributed by atoms with E-state index in [1.807, 2.05) is 21.1 Å². The van der Waals surface area contributed by atoms with Crippen LogP contribution in [-0.4, -0.2) is 73.4 Å². The lowest BCUT2D eigenvalue weighted by atomic mass is 10.0. The van der Waals surface area contributed by atoms with Gasteiger partial charge in [0.15, 0.2) is 0 Å². The second-order valence-electron chi connectivity index (χ2n) is 18.5. The molecular formula is C50H100N2O6P+. The highest BCUT2D eigenvalue weighted by molar-refractivity contribution is 7.47. The van der Waals surface area contributed by atoms with Crippen LogP contribution >= 0.6 is 7.82 Å². The molecule has 0 radical (unpaired) electrons. The first kappa shape index (κ1) is 58.0. The number of carbonyl (C=O) groups is 1. The van der Waals surface area contributed by atoms with Gasteiger partial charge in [-0.05, 0) is 38.5 Å². The molecule has 3 N–H and O–H groups in total. The van der Waals surface area contributed by atoms with Crippen LogP contribution in [0, 0.1) is 0 Å². The molecule has 0 aromatic rings. The average molecular weight is 856 g/mol. The Bertz CT molecular complexity index is 1020. The van der Waals surface area contributed by atoms with Crippen LogP contribution in [0.5, 0.6) is 0 Å². The first-order valence-corrected chi connectivity index (χ1v) is 26.7. The minimum Gasteiger partial charge on any atom is -0.391 e. The summed E-state index contributed by atoms with van der Waals surface area (Å²) in [5.74, 6) is -0.157. The lowest BCUT2D eigenvalue weighted by molar-refractivity contribution is -0.870. The zero-order valence-electron chi connectivity index (χ0n) is 39.8. The number of hydrogen-bond acceptors (Lipinski definition) is 5. The van der Waals surface area contributed by atoms with Crippen LogP contribution in [0.1, 0.15) is 239 Å². The second kappa shape index (κ2) is 42.3. The summed E-state index contributed by atoms with van der Waals surface area (Å²) < 4.78 is 23.7. The largest absolute Gasteiger partial charge is 0.472 e. The highest BCUT2D eigenvalue weighted by Gasteiger charge is 2.28. The average Bonchev–Trinajstić information content (AvgIpc) is 3.19. The van der Waals surface area contributed by atoms with Gasteiger partial charge in [-0.2, -0.15) is 0 Å². The Morgan fingerprint density at radius 1 is 0.576 bits per heavy atom. The van der Waals surface area contributed by atoms with Gasteiger partial charge in [0.05, 0.1) is 39.9 Å². The van der Waals surface area contributed by atoms with Crippen LogP contribution in [0.3, 0.4) is 0 Å². The third kappa shape index (κ3) is 44.8. The number of nitrogens with zero attached hydrogens (tertiary/aromatic N) is 1. The van der Waals surface area contributed by atoms with E-state index in [9.17, 15) is 19.4 Å². The normalized spacial score (nSPS) is 14.4. The molecule has 0 saturated carbocycles. The van der Waals surface area contributed by atoms with Crippen LogP contribution in [-0.2, 0) is 18.4 Å². The Labute approximate surface area is 366 Å². The molecule has 0 spiro atoms. The maximum atomic E-state index is 12.9. The molecule has 0 aliphatic heterocycles. The summed E-state index contributed by atoms with van der Waals surface area (Å²) in [6.45, 7) is 4.83. The standard InChI is InChI=1S/C50H99N2O6P/c1-6-8-10-12-14-16-18-20-21-22-23-24-25-26-27-28-29-30-32-33-35-37-39-41-43-49(53)48(47-58-59(55,56)57-46-45-52(3,4)5)51-50(54)44-42-40-38-36-34-31-19-17-15-13-11-9-7-2/h11,13,17,19,48-49,53H,6-10,12,14-16,18,20-47H2,1-5H3,(H-,51,54,55,56)/p+1/b13-11-,19-17-. The molecule has 0 fully saturated rings. The number of likely N-dealkylation sites (N-methyl/N-ethyl adjacent to an activating group) is 1. The van der Waals surface area contributed by atoms with E-state index >= 15 is 0 Å². The van der Waals surface area contributed by atoms with E-state index in [2.05, 4.69) is 43.5 Å². The molecule has 0 saturated heterocycles. The molecule has 59 heavy (non-hydrogen) atoms. The smallest absolute Gasteiger partial charge is 0.391 e. The van der Waals surface area contributed by atoms with Crippen LogP contribution < -0.4 is 5.32 Å². The van der Waals surface area contributed by atoms with Crippen LogP contribution in [0.2, 0.25) is 0 Å². The third-order valence-electron chi connectivity index (χ3n) is 11.4. The first-order chi connectivity index (χ1) is 28.5. The van der Waals surface area contributed by atoms with Crippen molar-refractivity contribution in [3.63, 3.8) is 0 Å². The van der Waals surface area contributed by atoms with Gasteiger partial charge in [0.2, 0.25) is 5.91 Å². The van der Waals surface area contributed by atoms with Gasteiger partial charge in [0.25, 0.3) is 0 Å². The van der Waals surface area contributed by atoms with Gasteiger partial charge in [0, 0.05) is 6.42 Å². The zero-order chi connectivity index (χ0) is 43.6. The highest BCUT2D eigenvalue weighted by Crippen LogP contribution is 2.43. The number of nitrogens with one attached hydrogen (secondary N) is 1. The molecule has 0 aliphatic carbocycles. The van der Waals surface area contributed by atoms with E-state index in [0.29, 0.717) is 23.9 Å². The second-order valence-corrected chi connectivity index (χ2v) is 20.0. The van der Waals surface area contributed by atoms with Crippen molar-refractivity contribution in [2.24, 2.45) is 0 Å². The van der Waals surface area contributed by atoms with Gasteiger partial charge in [-0.15, -0.1) is 0 Å². The molecule has 9 heteroatoms. The minimum atomic E-state index is -4.32. The van der Waals surface area contributed by atoms with E-state index in [4.69, 9.17) is 9.05 Å². The van der Waals surface area contributed by atoms with Crippen molar-refractivity contribution in [3.8, 4) is 0 Å². The number of hydrogen-bond donors (Lipinski definition) is 3. The van der Waals surface area contributed by atoms with Crippen molar-refractivity contribution in [2.75, 3.05) is 40.9 Å². The fourth-order valence-corrected chi connectivity index (χ4v) is 8.17. The number of aliphatic hydroxyl groups excluding tert-OH is 1. The van der Waals surface area contributed by atoms with E-state index in [0.717, 1.165) is 70.6 Å². The van der Waals surface area contributed by atoms with Gasteiger partial charge in [-0.25, -0.2) is 4.57 Å². The molecule has 0 heterocycles. The first-order valence-electron chi connectivity index (χ1n) is 25.2. The topological polar surface area (TPSA) is 105 Å². The summed E-state index contributed by atoms with van der Waals surface area (Å²) in [7, 11) is 1.61. The number of unbranched alkanes of at least 4 members (excludes halogenated alkanes) is 29. The molecule has 3 unspecified atom stereocenters. The van der Waals surface area contributed by atoms with Crippen molar-refractivity contribution in [3.05, 3.63) is 24.3 Å². The predicted molar refractivity (Wildman–Crippen MR) is 254 cm³/mol. The number of phosphoric ester groups is 1. The van der Waals surface area contributed by atoms with Gasteiger partial charge in [0.1, 0.15) is 13.2 Å². The van der Waals surface area contributed by atoms with Crippen molar-refractivity contribution in [2.45, 2.75) is 251 Å². The lowest BCUT2D eigenvalue weighted by Gasteiger charge is -2.26. The Balaban J connectivity index is 4.19. The number of rotatable bonds is 46. The number of aliphatic hydroxyl groups is 1. The SMILES string of the molecule is CCC/C=C\C/C=C\CCCCCCCC(=O)NC(COP(=O)(O)OCC[N+](C)(C)C)C(O)CCCCCCCCCCCCCCCCCCCCCCCCCC. The van der Waals surface area contributed by atoms with E-state index < -0.39 is 20.0 Å². The molecule has 0 aliphatic rings. The van der Waals surface area contributed by atoms with Gasteiger partial charge in [-0.1, -0.05) is 218 Å². The fourth-order valence-electron chi connectivity index (χ4n) is 7.44. The Morgan fingerprint density at radius 2 is 1.00 bits per heavy atom. The molecular weight excluding hydrogens is 756 g/mol. The van der Waals surface area contributed by atoms with Crippen LogP contribution in [0.25, 0.3) is 0 Å². The summed E-state index contributed by atoms with van der Waals surface area (Å²) in [5, 5.41) is 14.0. The molecule has 1 amide bonds. The quantitative estimate of drug-likeness (QED) is 0.0244. The monoisotopic (exact) mass is 856 g/mol. The Morgan fingerprint density at radius 3 is 1.46 bits per heavy atom. The highest BCUT2D eigenvalue weighted by atomic mass is 31.2. The maximum Gasteiger partial charge on any atom is 0.472 e. The number of quaternary nitrogens is 1. The number of phosphoric acid groups is 1. The molecule has 8 nitrogen and oxygen atoms in total. The number of carbonyl (C=O) groups excluding carboxylic acids is 1. The maximum absolute atomic E-state index is 12.9. The van der Waals surface area contributed by atoms with E-state index in [1.54, 1.807) is 0 Å². The molecule has 0 bridgehead atoms. The van der Waals surface area contributed by atoms with Crippen molar-refractivity contribution in [1.29, 1.82) is 0 Å². The van der Waals surface area contributed by atoms with Crippen molar-refractivity contribution >= 4 is 13.7 Å². The predicted octanol–water partition coefficient (Wildman–Crippen LogP) is 14.5. The van der Waals surface area contributed by atoms with Crippen molar-refractivity contribution < 1.29 is 32.9 Å². The summed E-state index contributed by atoms with van der Waals surface area (Å²) in [4.78, 5) is 23.2. The summed E-state index contributed by atoms with van der Waals surface area (Å²) in [6.07, 6.45) is 50.8. The fraction of sp³-hybridized carbons (Fsp3) is 0.900. The van der Waals surface area contributed by atoms with Gasteiger partial charge < -0.3 is 19.8 Å². The molecule has 3 atom stereocenters. The van der Waals surface area contributed by atoms with E-state index in [1.165, 1.54) is 141 Å². The number of allylic oxidation sites excluding steroid dienone is 4. The number of amides is 1. The molecule has 350 valence electrons. The molecule has 0 rings (SSSR count). The van der Waals surface area contributed by atoms with Gasteiger partial charge >= 0.3 is 7.82 Å². The zero-order valence-corrected chi connectivity index (χ0v) is 40.7. The van der Waals surface area contributed by atoms with Crippen LogP contribution in [0.4, 0.5) is 0 Å². The minimum absolute atomic E-state index is 0.0725. The third-order valence-corrected chi connectivity index (χ3v) is 12.4. The summed E-state index contributed by atoms with van der Waals surface area (Å²) in [5.41, 5.74) is 0.